The monoisotopic (exact) mass is 494 g/mol. The lowest BCUT2D eigenvalue weighted by Gasteiger charge is -2.34. The number of aromatic nitrogens is 1. The van der Waals surface area contributed by atoms with Crippen molar-refractivity contribution in [1.82, 2.24) is 15.2 Å². The minimum absolute atomic E-state index is 0.00674. The number of anilines is 1. The Balaban J connectivity index is 1.16. The third-order valence-electron chi connectivity index (χ3n) is 8.23. The maximum atomic E-state index is 13.0. The van der Waals surface area contributed by atoms with Crippen LogP contribution < -0.4 is 10.2 Å². The fourth-order valence-electron chi connectivity index (χ4n) is 5.76. The first-order chi connectivity index (χ1) is 18.0. The van der Waals surface area contributed by atoms with Gasteiger partial charge in [0.2, 0.25) is 0 Å². The van der Waals surface area contributed by atoms with Crippen molar-refractivity contribution in [1.29, 1.82) is 0 Å². The van der Waals surface area contributed by atoms with E-state index in [1.807, 2.05) is 43.6 Å². The number of nitrogens with zero attached hydrogens (tertiary/aromatic N) is 3. The average Bonchev–Trinajstić information content (AvgIpc) is 3.34. The topological polar surface area (TPSA) is 48.5 Å². The highest BCUT2D eigenvalue weighted by molar-refractivity contribution is 5.95. The van der Waals surface area contributed by atoms with Gasteiger partial charge in [-0.2, -0.15) is 0 Å². The Bertz CT molecular complexity index is 1250. The minimum Gasteiger partial charge on any atom is -0.375 e. The maximum absolute atomic E-state index is 13.0. The number of hydrogen-bond acceptors (Lipinski definition) is 4. The van der Waals surface area contributed by atoms with E-state index in [0.29, 0.717) is 0 Å². The van der Waals surface area contributed by atoms with Crippen LogP contribution in [-0.2, 0) is 6.42 Å². The molecule has 1 fully saturated rings. The standard InChI is InChI=1S/C32H38N4O/c1-23-6-4-5-7-29(23)32(37)34-31-11-10-26-8-9-27(22-30(26)31)24(2)35(3)19-14-25-15-20-36(21-16-25)28-12-17-33-18-13-28/h4-9,12-13,17-18,22,25,31H,2,10-11,14-16,19-21H2,1,3H3,(H,34,37). The minimum atomic E-state index is 0.00674. The molecule has 37 heavy (non-hydrogen) atoms. The smallest absolute Gasteiger partial charge is 0.252 e. The van der Waals surface area contributed by atoms with Crippen molar-refractivity contribution in [3.8, 4) is 0 Å². The quantitative estimate of drug-likeness (QED) is 0.416. The van der Waals surface area contributed by atoms with Crippen molar-refractivity contribution in [2.75, 3.05) is 31.6 Å². The molecule has 1 atom stereocenters. The predicted octanol–water partition coefficient (Wildman–Crippen LogP) is 6.02. The van der Waals surface area contributed by atoms with Crippen LogP contribution in [0, 0.1) is 12.8 Å². The third-order valence-corrected chi connectivity index (χ3v) is 8.23. The summed E-state index contributed by atoms with van der Waals surface area (Å²) in [4.78, 5) is 21.9. The maximum Gasteiger partial charge on any atom is 0.252 e. The van der Waals surface area contributed by atoms with Gasteiger partial charge >= 0.3 is 0 Å². The molecule has 192 valence electrons. The van der Waals surface area contributed by atoms with Gasteiger partial charge < -0.3 is 15.1 Å². The van der Waals surface area contributed by atoms with Crippen LogP contribution in [0.5, 0.6) is 0 Å². The summed E-state index contributed by atoms with van der Waals surface area (Å²) in [7, 11) is 2.15. The Morgan fingerprint density at radius 2 is 1.84 bits per heavy atom. The number of carbonyl (C=O) groups excluding carboxylic acids is 1. The second-order valence-electron chi connectivity index (χ2n) is 10.6. The zero-order chi connectivity index (χ0) is 25.8. The van der Waals surface area contributed by atoms with E-state index in [9.17, 15) is 4.79 Å². The van der Waals surface area contributed by atoms with Gasteiger partial charge in [0.05, 0.1) is 6.04 Å². The van der Waals surface area contributed by atoms with Crippen LogP contribution in [0.1, 0.15) is 64.3 Å². The first kappa shape index (κ1) is 25.1. The van der Waals surface area contributed by atoms with Crippen molar-refractivity contribution < 1.29 is 4.79 Å². The molecule has 1 unspecified atom stereocenters. The fraction of sp³-hybridized carbons (Fsp3) is 0.375. The van der Waals surface area contributed by atoms with Crippen LogP contribution >= 0.6 is 0 Å². The molecule has 5 heteroatoms. The third kappa shape index (κ3) is 5.71. The molecule has 0 bridgehead atoms. The van der Waals surface area contributed by atoms with Crippen LogP contribution in [0.25, 0.3) is 5.70 Å². The van der Waals surface area contributed by atoms with Gasteiger partial charge in [-0.05, 0) is 91.5 Å². The summed E-state index contributed by atoms with van der Waals surface area (Å²) in [5, 5.41) is 3.28. The normalized spacial score (nSPS) is 17.4. The van der Waals surface area contributed by atoms with E-state index in [0.717, 1.165) is 60.8 Å². The number of pyridine rings is 1. The zero-order valence-electron chi connectivity index (χ0n) is 22.1. The lowest BCUT2D eigenvalue weighted by atomic mass is 9.93. The number of fused-ring (bicyclic) bond motifs is 1. The molecule has 2 aliphatic rings. The lowest BCUT2D eigenvalue weighted by Crippen LogP contribution is -2.34. The van der Waals surface area contributed by atoms with Crippen LogP contribution in [0.2, 0.25) is 0 Å². The van der Waals surface area contributed by atoms with Crippen LogP contribution in [0.3, 0.4) is 0 Å². The van der Waals surface area contributed by atoms with Crippen LogP contribution in [0.4, 0.5) is 5.69 Å². The Morgan fingerprint density at radius 1 is 1.08 bits per heavy atom. The molecular weight excluding hydrogens is 456 g/mol. The first-order valence-corrected chi connectivity index (χ1v) is 13.5. The number of hydrogen-bond donors (Lipinski definition) is 1. The Labute approximate surface area is 221 Å². The van der Waals surface area contributed by atoms with Gasteiger partial charge in [0, 0.05) is 56.0 Å². The SMILES string of the molecule is C=C(c1ccc2c(c1)C(NC(=O)c1ccccc1C)CC2)N(C)CCC1CCN(c2ccncc2)CC1. The Kier molecular flexibility index (Phi) is 7.59. The number of piperidine rings is 1. The van der Waals surface area contributed by atoms with Crippen molar-refractivity contribution in [3.63, 3.8) is 0 Å². The number of rotatable bonds is 8. The van der Waals surface area contributed by atoms with Gasteiger partial charge in [0.15, 0.2) is 0 Å². The largest absolute Gasteiger partial charge is 0.375 e. The van der Waals surface area contributed by atoms with Crippen molar-refractivity contribution >= 4 is 17.3 Å². The second kappa shape index (κ2) is 11.2. The molecule has 5 rings (SSSR count). The van der Waals surface area contributed by atoms with E-state index in [-0.39, 0.29) is 11.9 Å². The number of carbonyl (C=O) groups is 1. The van der Waals surface area contributed by atoms with E-state index in [2.05, 4.69) is 64.1 Å². The van der Waals surface area contributed by atoms with E-state index >= 15 is 0 Å². The number of nitrogens with one attached hydrogen (secondary N) is 1. The average molecular weight is 495 g/mol. The molecule has 0 saturated carbocycles. The van der Waals surface area contributed by atoms with E-state index in [1.54, 1.807) is 0 Å². The fourth-order valence-corrected chi connectivity index (χ4v) is 5.76. The van der Waals surface area contributed by atoms with E-state index in [1.165, 1.54) is 36.1 Å². The molecular formula is C32H38N4O. The van der Waals surface area contributed by atoms with Crippen LogP contribution in [0.15, 0.2) is 73.6 Å². The number of amides is 1. The van der Waals surface area contributed by atoms with Crippen molar-refractivity contribution in [2.45, 2.75) is 45.1 Å². The van der Waals surface area contributed by atoms with Gasteiger partial charge in [-0.25, -0.2) is 0 Å². The van der Waals surface area contributed by atoms with Crippen molar-refractivity contribution in [3.05, 3.63) is 101 Å². The summed E-state index contributed by atoms with van der Waals surface area (Å²) in [6, 6.07) is 18.7. The zero-order valence-corrected chi connectivity index (χ0v) is 22.1. The first-order valence-electron chi connectivity index (χ1n) is 13.5. The molecule has 1 amide bonds. The molecule has 0 spiro atoms. The van der Waals surface area contributed by atoms with Gasteiger partial charge in [-0.3, -0.25) is 9.78 Å². The molecule has 3 aromatic rings. The summed E-state index contributed by atoms with van der Waals surface area (Å²) in [5.41, 5.74) is 7.79. The molecule has 1 aliphatic carbocycles. The van der Waals surface area contributed by atoms with Gasteiger partial charge in [-0.1, -0.05) is 36.9 Å². The summed E-state index contributed by atoms with van der Waals surface area (Å²) < 4.78 is 0. The summed E-state index contributed by atoms with van der Waals surface area (Å²) >= 11 is 0. The summed E-state index contributed by atoms with van der Waals surface area (Å²) in [6.45, 7) is 9.65. The number of benzene rings is 2. The molecule has 1 N–H and O–H groups in total. The highest BCUT2D eigenvalue weighted by Crippen LogP contribution is 2.34. The van der Waals surface area contributed by atoms with E-state index < -0.39 is 0 Å². The summed E-state index contributed by atoms with van der Waals surface area (Å²) in [5.74, 6) is 0.752. The van der Waals surface area contributed by atoms with Gasteiger partial charge in [-0.15, -0.1) is 0 Å². The highest BCUT2D eigenvalue weighted by atomic mass is 16.1. The van der Waals surface area contributed by atoms with Crippen LogP contribution in [-0.4, -0.2) is 42.5 Å². The molecule has 5 nitrogen and oxygen atoms in total. The Hall–Kier alpha value is -3.60. The molecule has 1 saturated heterocycles. The Morgan fingerprint density at radius 3 is 2.59 bits per heavy atom. The molecule has 0 radical (unpaired) electrons. The highest BCUT2D eigenvalue weighted by Gasteiger charge is 2.26. The molecule has 2 aromatic carbocycles. The number of aryl methyl sites for hydroxylation is 2. The molecule has 1 aromatic heterocycles. The second-order valence-corrected chi connectivity index (χ2v) is 10.6. The lowest BCUT2D eigenvalue weighted by molar-refractivity contribution is 0.0936. The van der Waals surface area contributed by atoms with Crippen molar-refractivity contribution in [2.24, 2.45) is 5.92 Å². The summed E-state index contributed by atoms with van der Waals surface area (Å²) in [6.07, 6.45) is 9.32. The van der Waals surface area contributed by atoms with Gasteiger partial charge in [0.25, 0.3) is 5.91 Å². The van der Waals surface area contributed by atoms with E-state index in [4.69, 9.17) is 0 Å². The van der Waals surface area contributed by atoms with Gasteiger partial charge in [0.1, 0.15) is 0 Å². The predicted molar refractivity (Wildman–Crippen MR) is 152 cm³/mol. The molecule has 1 aliphatic heterocycles. The molecule has 2 heterocycles.